The Morgan fingerprint density at radius 1 is 0.929 bits per heavy atom. The molecular formula is C22H27NO5. The van der Waals surface area contributed by atoms with Gasteiger partial charge in [0.25, 0.3) is 5.91 Å². The molecule has 2 rings (SSSR count). The number of ether oxygens (including phenoxy) is 3. The summed E-state index contributed by atoms with van der Waals surface area (Å²) in [5.41, 5.74) is 0.520. The van der Waals surface area contributed by atoms with Gasteiger partial charge in [0.1, 0.15) is 0 Å². The summed E-state index contributed by atoms with van der Waals surface area (Å²) in [5, 5.41) is 2.70. The summed E-state index contributed by atoms with van der Waals surface area (Å²) in [5.74, 6) is 0.266. The molecule has 2 aromatic rings. The van der Waals surface area contributed by atoms with Crippen molar-refractivity contribution in [1.82, 2.24) is 0 Å². The van der Waals surface area contributed by atoms with Crippen LogP contribution in [-0.4, -0.2) is 31.7 Å². The fourth-order valence-electron chi connectivity index (χ4n) is 2.61. The summed E-state index contributed by atoms with van der Waals surface area (Å²) >= 11 is 0. The molecule has 0 atom stereocenters. The molecule has 1 N–H and O–H groups in total. The number of carbonyl (C=O) groups is 2. The maximum atomic E-state index is 12.4. The van der Waals surface area contributed by atoms with Crippen molar-refractivity contribution >= 4 is 17.6 Å². The van der Waals surface area contributed by atoms with E-state index in [-0.39, 0.29) is 6.61 Å². The van der Waals surface area contributed by atoms with Crippen LogP contribution in [-0.2, 0) is 19.7 Å². The minimum atomic E-state index is -0.844. The van der Waals surface area contributed by atoms with E-state index in [9.17, 15) is 9.59 Å². The molecule has 28 heavy (non-hydrogen) atoms. The van der Waals surface area contributed by atoms with E-state index in [4.69, 9.17) is 14.2 Å². The van der Waals surface area contributed by atoms with Gasteiger partial charge >= 0.3 is 5.97 Å². The van der Waals surface area contributed by atoms with Crippen LogP contribution in [0.25, 0.3) is 0 Å². The van der Waals surface area contributed by atoms with Gasteiger partial charge < -0.3 is 19.5 Å². The SMILES string of the molecule is CCOc1ccc(NC(=O)COC(=O)C(C)(C)c2ccccc2)cc1OCC. The zero-order valence-electron chi connectivity index (χ0n) is 16.8. The first kappa shape index (κ1) is 21.3. The van der Waals surface area contributed by atoms with Crippen LogP contribution in [0.1, 0.15) is 33.3 Å². The number of benzene rings is 2. The second kappa shape index (κ2) is 9.78. The number of rotatable bonds is 9. The fraction of sp³-hybridized carbons (Fsp3) is 0.364. The Morgan fingerprint density at radius 2 is 1.57 bits per heavy atom. The summed E-state index contributed by atoms with van der Waals surface area (Å²) in [6.07, 6.45) is 0. The number of esters is 1. The minimum absolute atomic E-state index is 0.369. The van der Waals surface area contributed by atoms with Gasteiger partial charge in [-0.2, -0.15) is 0 Å². The first-order chi connectivity index (χ1) is 13.4. The first-order valence-corrected chi connectivity index (χ1v) is 9.30. The van der Waals surface area contributed by atoms with Crippen molar-refractivity contribution in [3.05, 3.63) is 54.1 Å². The normalized spacial score (nSPS) is 10.9. The molecule has 0 aliphatic carbocycles. The molecule has 0 spiro atoms. The van der Waals surface area contributed by atoms with Crippen LogP contribution in [0, 0.1) is 0 Å². The summed E-state index contributed by atoms with van der Waals surface area (Å²) in [6.45, 7) is 7.91. The van der Waals surface area contributed by atoms with Gasteiger partial charge in [-0.05, 0) is 45.4 Å². The molecule has 6 heteroatoms. The standard InChI is InChI=1S/C22H27NO5/c1-5-26-18-13-12-17(14-19(18)27-6-2)23-20(24)15-28-21(25)22(3,4)16-10-8-7-9-11-16/h7-14H,5-6,15H2,1-4H3,(H,23,24). The van der Waals surface area contributed by atoms with Crippen molar-refractivity contribution in [2.24, 2.45) is 0 Å². The molecule has 1 amide bonds. The molecule has 2 aromatic carbocycles. The monoisotopic (exact) mass is 385 g/mol. The largest absolute Gasteiger partial charge is 0.490 e. The second-order valence-corrected chi connectivity index (χ2v) is 6.64. The predicted molar refractivity (Wildman–Crippen MR) is 108 cm³/mol. The third-order valence-corrected chi connectivity index (χ3v) is 4.17. The maximum absolute atomic E-state index is 12.4. The van der Waals surface area contributed by atoms with Gasteiger partial charge in [0.15, 0.2) is 18.1 Å². The lowest BCUT2D eigenvalue weighted by atomic mass is 9.85. The number of nitrogens with one attached hydrogen (secondary N) is 1. The van der Waals surface area contributed by atoms with Gasteiger partial charge in [-0.1, -0.05) is 30.3 Å². The Morgan fingerprint density at radius 3 is 2.21 bits per heavy atom. The van der Waals surface area contributed by atoms with Gasteiger partial charge in [0, 0.05) is 11.8 Å². The van der Waals surface area contributed by atoms with Crippen LogP contribution in [0.2, 0.25) is 0 Å². The van der Waals surface area contributed by atoms with Crippen LogP contribution < -0.4 is 14.8 Å². The Bertz CT molecular complexity index is 802. The molecule has 0 heterocycles. The predicted octanol–water partition coefficient (Wildman–Crippen LogP) is 3.94. The summed E-state index contributed by atoms with van der Waals surface area (Å²) in [7, 11) is 0. The van der Waals surface area contributed by atoms with Crippen LogP contribution in [0.5, 0.6) is 11.5 Å². The lowest BCUT2D eigenvalue weighted by Crippen LogP contribution is -2.33. The number of carbonyl (C=O) groups excluding carboxylic acids is 2. The third-order valence-electron chi connectivity index (χ3n) is 4.17. The van der Waals surface area contributed by atoms with Gasteiger partial charge in [0.05, 0.1) is 18.6 Å². The quantitative estimate of drug-likeness (QED) is 0.662. The zero-order valence-corrected chi connectivity index (χ0v) is 16.8. The van der Waals surface area contributed by atoms with E-state index in [2.05, 4.69) is 5.32 Å². The van der Waals surface area contributed by atoms with Crippen LogP contribution >= 0.6 is 0 Å². The highest BCUT2D eigenvalue weighted by atomic mass is 16.5. The molecule has 0 saturated heterocycles. The van der Waals surface area contributed by atoms with Gasteiger partial charge in [-0.15, -0.1) is 0 Å². The molecule has 0 radical (unpaired) electrons. The Labute approximate surface area is 165 Å². The Kier molecular flexibility index (Phi) is 7.44. The van der Waals surface area contributed by atoms with Crippen molar-refractivity contribution in [3.63, 3.8) is 0 Å². The highest BCUT2D eigenvalue weighted by Gasteiger charge is 2.31. The number of amides is 1. The Hall–Kier alpha value is -3.02. The average Bonchev–Trinajstić information content (AvgIpc) is 2.69. The van der Waals surface area contributed by atoms with E-state index in [0.717, 1.165) is 5.56 Å². The lowest BCUT2D eigenvalue weighted by molar-refractivity contribution is -0.152. The highest BCUT2D eigenvalue weighted by Crippen LogP contribution is 2.30. The first-order valence-electron chi connectivity index (χ1n) is 9.30. The van der Waals surface area contributed by atoms with Crippen molar-refractivity contribution < 1.29 is 23.8 Å². The van der Waals surface area contributed by atoms with Gasteiger partial charge in [0.2, 0.25) is 0 Å². The van der Waals surface area contributed by atoms with E-state index in [1.807, 2.05) is 44.2 Å². The number of hydrogen-bond donors (Lipinski definition) is 1. The minimum Gasteiger partial charge on any atom is -0.490 e. The van der Waals surface area contributed by atoms with E-state index in [0.29, 0.717) is 30.4 Å². The van der Waals surface area contributed by atoms with Crippen LogP contribution in [0.3, 0.4) is 0 Å². The molecule has 150 valence electrons. The topological polar surface area (TPSA) is 73.9 Å². The number of hydrogen-bond acceptors (Lipinski definition) is 5. The van der Waals surface area contributed by atoms with E-state index in [1.165, 1.54) is 0 Å². The molecule has 0 aliphatic heterocycles. The fourth-order valence-corrected chi connectivity index (χ4v) is 2.61. The maximum Gasteiger partial charge on any atom is 0.316 e. The summed E-state index contributed by atoms with van der Waals surface area (Å²) < 4.78 is 16.3. The molecule has 6 nitrogen and oxygen atoms in total. The van der Waals surface area contributed by atoms with Gasteiger partial charge in [-0.3, -0.25) is 9.59 Å². The van der Waals surface area contributed by atoms with Gasteiger partial charge in [-0.25, -0.2) is 0 Å². The van der Waals surface area contributed by atoms with Crippen molar-refractivity contribution in [2.75, 3.05) is 25.1 Å². The molecule has 0 fully saturated rings. The summed E-state index contributed by atoms with van der Waals surface area (Å²) in [4.78, 5) is 24.6. The van der Waals surface area contributed by atoms with E-state index >= 15 is 0 Å². The third kappa shape index (κ3) is 5.49. The average molecular weight is 385 g/mol. The Balaban J connectivity index is 1.97. The van der Waals surface area contributed by atoms with E-state index in [1.54, 1.807) is 32.0 Å². The second-order valence-electron chi connectivity index (χ2n) is 6.64. The van der Waals surface area contributed by atoms with E-state index < -0.39 is 17.3 Å². The lowest BCUT2D eigenvalue weighted by Gasteiger charge is -2.22. The number of anilines is 1. The van der Waals surface area contributed by atoms with Crippen molar-refractivity contribution in [1.29, 1.82) is 0 Å². The van der Waals surface area contributed by atoms with Crippen molar-refractivity contribution in [2.45, 2.75) is 33.1 Å². The van der Waals surface area contributed by atoms with Crippen LogP contribution in [0.4, 0.5) is 5.69 Å². The van der Waals surface area contributed by atoms with Crippen LogP contribution in [0.15, 0.2) is 48.5 Å². The smallest absolute Gasteiger partial charge is 0.316 e. The molecular weight excluding hydrogens is 358 g/mol. The molecule has 0 saturated carbocycles. The molecule has 0 bridgehead atoms. The summed E-state index contributed by atoms with van der Waals surface area (Å²) in [6, 6.07) is 14.4. The molecule has 0 aromatic heterocycles. The zero-order chi connectivity index (χ0) is 20.6. The molecule has 0 unspecified atom stereocenters. The highest BCUT2D eigenvalue weighted by molar-refractivity contribution is 5.94. The van der Waals surface area contributed by atoms with Crippen molar-refractivity contribution in [3.8, 4) is 11.5 Å². The molecule has 0 aliphatic rings.